The first-order valence-electron chi connectivity index (χ1n) is 7.24. The van der Waals surface area contributed by atoms with E-state index >= 15 is 0 Å². The average molecular weight is 348 g/mol. The van der Waals surface area contributed by atoms with Crippen LogP contribution in [0.25, 0.3) is 5.57 Å². The van der Waals surface area contributed by atoms with Gasteiger partial charge in [-0.15, -0.1) is 0 Å². The van der Waals surface area contributed by atoms with Crippen molar-refractivity contribution in [2.75, 3.05) is 26.2 Å². The van der Waals surface area contributed by atoms with Crippen LogP contribution in [0.4, 0.5) is 13.2 Å². The number of hydrogen-bond acceptors (Lipinski definition) is 3. The van der Waals surface area contributed by atoms with Crippen LogP contribution in [-0.4, -0.2) is 43.3 Å². The van der Waals surface area contributed by atoms with Crippen molar-refractivity contribution in [3.05, 3.63) is 40.4 Å². The van der Waals surface area contributed by atoms with Gasteiger partial charge in [0.15, 0.2) is 0 Å². The van der Waals surface area contributed by atoms with Gasteiger partial charge in [-0.05, 0) is 42.7 Å². The van der Waals surface area contributed by atoms with Gasteiger partial charge in [0.2, 0.25) is 0 Å². The summed E-state index contributed by atoms with van der Waals surface area (Å²) >= 11 is 6.04. The van der Waals surface area contributed by atoms with Crippen LogP contribution in [0.5, 0.6) is 0 Å². The topological polar surface area (TPSA) is 29.5 Å². The van der Waals surface area contributed by atoms with E-state index in [1.807, 2.05) is 0 Å². The third-order valence-corrected chi connectivity index (χ3v) is 3.69. The smallest absolute Gasteiger partial charge is 0.401 e. The van der Waals surface area contributed by atoms with Gasteiger partial charge in [-0.3, -0.25) is 4.90 Å². The van der Waals surface area contributed by atoms with Crippen molar-refractivity contribution in [1.29, 1.82) is 0 Å². The molecule has 126 valence electrons. The lowest BCUT2D eigenvalue weighted by atomic mass is 9.97. The van der Waals surface area contributed by atoms with Crippen LogP contribution >= 0.6 is 11.6 Å². The van der Waals surface area contributed by atoms with E-state index in [0.717, 1.165) is 11.1 Å². The molecule has 0 amide bonds. The van der Waals surface area contributed by atoms with Crippen LogP contribution in [0.15, 0.2) is 24.3 Å². The Labute approximate surface area is 137 Å². The highest BCUT2D eigenvalue weighted by atomic mass is 35.5. The molecule has 0 spiro atoms. The summed E-state index contributed by atoms with van der Waals surface area (Å²) in [7, 11) is 0. The molecule has 1 aromatic rings. The molecule has 0 aliphatic carbocycles. The van der Waals surface area contributed by atoms with Crippen molar-refractivity contribution in [2.24, 2.45) is 0 Å². The number of rotatable bonds is 4. The number of carbonyl (C=O) groups excluding carboxylic acids is 1. The average Bonchev–Trinajstić information content (AvgIpc) is 2.46. The van der Waals surface area contributed by atoms with Crippen LogP contribution in [0.2, 0.25) is 5.02 Å². The first kappa shape index (κ1) is 17.8. The Morgan fingerprint density at radius 1 is 1.35 bits per heavy atom. The van der Waals surface area contributed by atoms with Crippen molar-refractivity contribution >= 4 is 23.1 Å². The molecule has 0 aromatic heterocycles. The number of esters is 1. The highest BCUT2D eigenvalue weighted by Crippen LogP contribution is 2.28. The SMILES string of the molecule is CCOC(=O)c1cc(Cl)cc(C2=CCN(CC(F)(F)F)CC2)c1. The van der Waals surface area contributed by atoms with Gasteiger partial charge < -0.3 is 4.74 Å². The Balaban J connectivity index is 2.15. The molecule has 0 radical (unpaired) electrons. The quantitative estimate of drug-likeness (QED) is 0.766. The minimum atomic E-state index is -4.20. The maximum absolute atomic E-state index is 12.4. The van der Waals surface area contributed by atoms with E-state index in [9.17, 15) is 18.0 Å². The Morgan fingerprint density at radius 3 is 2.65 bits per heavy atom. The first-order chi connectivity index (χ1) is 10.8. The Hall–Kier alpha value is -1.53. The summed E-state index contributed by atoms with van der Waals surface area (Å²) < 4.78 is 42.1. The highest BCUT2D eigenvalue weighted by molar-refractivity contribution is 6.31. The number of benzene rings is 1. The van der Waals surface area contributed by atoms with Gasteiger partial charge in [0, 0.05) is 18.1 Å². The molecule has 3 nitrogen and oxygen atoms in total. The molecule has 23 heavy (non-hydrogen) atoms. The second-order valence-corrected chi connectivity index (χ2v) is 5.72. The molecule has 1 aliphatic heterocycles. The fourth-order valence-electron chi connectivity index (χ4n) is 2.48. The largest absolute Gasteiger partial charge is 0.462 e. The molecule has 0 saturated carbocycles. The summed E-state index contributed by atoms with van der Waals surface area (Å²) in [6.45, 7) is 1.58. The van der Waals surface area contributed by atoms with Gasteiger partial charge in [-0.2, -0.15) is 13.2 Å². The fourth-order valence-corrected chi connectivity index (χ4v) is 2.71. The lowest BCUT2D eigenvalue weighted by Gasteiger charge is -2.27. The molecular weight excluding hydrogens is 331 g/mol. The van der Waals surface area contributed by atoms with Crippen LogP contribution in [0.1, 0.15) is 29.3 Å². The molecule has 7 heteroatoms. The molecule has 0 atom stereocenters. The predicted molar refractivity (Wildman–Crippen MR) is 82.5 cm³/mol. The van der Waals surface area contributed by atoms with E-state index < -0.39 is 18.7 Å². The predicted octanol–water partition coefficient (Wildman–Crippen LogP) is 4.17. The molecule has 0 unspecified atom stereocenters. The molecule has 1 heterocycles. The zero-order valence-electron chi connectivity index (χ0n) is 12.6. The molecule has 0 fully saturated rings. The van der Waals surface area contributed by atoms with Crippen LogP contribution in [0, 0.1) is 0 Å². The molecule has 0 bridgehead atoms. The highest BCUT2D eigenvalue weighted by Gasteiger charge is 2.31. The second-order valence-electron chi connectivity index (χ2n) is 5.28. The number of nitrogens with zero attached hydrogens (tertiary/aromatic N) is 1. The zero-order chi connectivity index (χ0) is 17.0. The summed E-state index contributed by atoms with van der Waals surface area (Å²) in [5, 5.41) is 0.393. The molecule has 0 N–H and O–H groups in total. The number of carbonyl (C=O) groups is 1. The minimum absolute atomic E-state index is 0.218. The van der Waals surface area contributed by atoms with E-state index in [1.54, 1.807) is 25.1 Å². The van der Waals surface area contributed by atoms with Gasteiger partial charge in [-0.1, -0.05) is 17.7 Å². The van der Waals surface area contributed by atoms with Crippen molar-refractivity contribution in [3.8, 4) is 0 Å². The summed E-state index contributed by atoms with van der Waals surface area (Å²) in [5.74, 6) is -0.466. The van der Waals surface area contributed by atoms with Crippen molar-refractivity contribution in [2.45, 2.75) is 19.5 Å². The molecule has 1 aromatic carbocycles. The third-order valence-electron chi connectivity index (χ3n) is 3.48. The van der Waals surface area contributed by atoms with E-state index in [4.69, 9.17) is 16.3 Å². The maximum atomic E-state index is 12.4. The molecule has 1 aliphatic rings. The number of ether oxygens (including phenoxy) is 1. The monoisotopic (exact) mass is 347 g/mol. The van der Waals surface area contributed by atoms with Crippen molar-refractivity contribution in [3.63, 3.8) is 0 Å². The van der Waals surface area contributed by atoms with Gasteiger partial charge in [0.25, 0.3) is 0 Å². The molecule has 0 saturated heterocycles. The summed E-state index contributed by atoms with van der Waals surface area (Å²) in [4.78, 5) is 13.1. The summed E-state index contributed by atoms with van der Waals surface area (Å²) in [6, 6.07) is 4.88. The second kappa shape index (κ2) is 7.36. The van der Waals surface area contributed by atoms with Gasteiger partial charge in [0.05, 0.1) is 18.7 Å². The Kier molecular flexibility index (Phi) is 5.70. The van der Waals surface area contributed by atoms with E-state index in [-0.39, 0.29) is 13.2 Å². The van der Waals surface area contributed by atoms with E-state index in [0.29, 0.717) is 23.6 Å². The number of hydrogen-bond donors (Lipinski definition) is 0. The standard InChI is InChI=1S/C16H17ClF3NO2/c1-2-23-15(22)13-7-12(8-14(17)9-13)11-3-5-21(6-4-11)10-16(18,19)20/h3,7-9H,2,4-6,10H2,1H3. The Morgan fingerprint density at radius 2 is 2.09 bits per heavy atom. The van der Waals surface area contributed by atoms with Crippen LogP contribution < -0.4 is 0 Å². The third kappa shape index (κ3) is 5.25. The number of halogens is 4. The van der Waals surface area contributed by atoms with E-state index in [1.165, 1.54) is 11.0 Å². The van der Waals surface area contributed by atoms with Gasteiger partial charge in [-0.25, -0.2) is 4.79 Å². The van der Waals surface area contributed by atoms with Gasteiger partial charge >= 0.3 is 12.1 Å². The Bertz CT molecular complexity index is 614. The van der Waals surface area contributed by atoms with Crippen LogP contribution in [0.3, 0.4) is 0 Å². The maximum Gasteiger partial charge on any atom is 0.401 e. The minimum Gasteiger partial charge on any atom is -0.462 e. The fraction of sp³-hybridized carbons (Fsp3) is 0.438. The van der Waals surface area contributed by atoms with Crippen molar-refractivity contribution in [1.82, 2.24) is 4.90 Å². The summed E-state index contributed by atoms with van der Waals surface area (Å²) in [5.41, 5.74) is 1.97. The van der Waals surface area contributed by atoms with Crippen molar-refractivity contribution < 1.29 is 22.7 Å². The van der Waals surface area contributed by atoms with Crippen LogP contribution in [-0.2, 0) is 4.74 Å². The lowest BCUT2D eigenvalue weighted by Crippen LogP contribution is -2.36. The lowest BCUT2D eigenvalue weighted by molar-refractivity contribution is -0.144. The zero-order valence-corrected chi connectivity index (χ0v) is 13.4. The van der Waals surface area contributed by atoms with Gasteiger partial charge in [0.1, 0.15) is 0 Å². The normalized spacial score (nSPS) is 16.1. The van der Waals surface area contributed by atoms with E-state index in [2.05, 4.69) is 0 Å². The molecule has 2 rings (SSSR count). The first-order valence-corrected chi connectivity index (χ1v) is 7.62. The summed E-state index contributed by atoms with van der Waals surface area (Å²) in [6.07, 6.45) is -1.98. The molecular formula is C16H17ClF3NO2. The number of alkyl halides is 3.